The van der Waals surface area contributed by atoms with E-state index in [0.717, 1.165) is 49.0 Å². The second-order valence-corrected chi connectivity index (χ2v) is 9.11. The molecule has 140 valence electrons. The van der Waals surface area contributed by atoms with Crippen LogP contribution in [0.1, 0.15) is 37.8 Å². The van der Waals surface area contributed by atoms with Crippen LogP contribution in [0.15, 0.2) is 10.5 Å². The predicted octanol–water partition coefficient (Wildman–Crippen LogP) is 2.45. The van der Waals surface area contributed by atoms with Gasteiger partial charge < -0.3 is 9.64 Å². The first-order valence-corrected chi connectivity index (χ1v) is 10.8. The molecule has 1 aliphatic heterocycles. The number of hydrazone groups is 1. The van der Waals surface area contributed by atoms with Crippen LogP contribution >= 0.6 is 11.3 Å². The maximum Gasteiger partial charge on any atom is 0.246 e. The number of carbonyl (C=O) groups excluding carboxylic acids is 1. The molecule has 5 fully saturated rings. The molecule has 6 rings (SSSR count). The van der Waals surface area contributed by atoms with Crippen molar-refractivity contribution < 1.29 is 9.53 Å². The Hall–Kier alpha value is -1.47. The summed E-state index contributed by atoms with van der Waals surface area (Å²) in [6.07, 6.45) is 6.89. The number of nitrogens with one attached hydrogen (secondary N) is 1. The van der Waals surface area contributed by atoms with Gasteiger partial charge in [0.2, 0.25) is 5.91 Å². The van der Waals surface area contributed by atoms with Crippen LogP contribution in [0.2, 0.25) is 0 Å². The molecule has 1 aromatic rings. The van der Waals surface area contributed by atoms with Crippen LogP contribution < -0.4 is 10.3 Å². The first kappa shape index (κ1) is 16.7. The average molecular weight is 375 g/mol. The summed E-state index contributed by atoms with van der Waals surface area (Å²) in [4.78, 5) is 19.2. The van der Waals surface area contributed by atoms with Crippen LogP contribution in [0.25, 0.3) is 0 Å². The number of rotatable bonds is 4. The monoisotopic (exact) mass is 374 g/mol. The Morgan fingerprint density at radius 2 is 1.88 bits per heavy atom. The predicted molar refractivity (Wildman–Crippen MR) is 101 cm³/mol. The molecule has 26 heavy (non-hydrogen) atoms. The highest BCUT2D eigenvalue weighted by atomic mass is 32.1. The Labute approximate surface area is 158 Å². The van der Waals surface area contributed by atoms with Crippen LogP contribution in [0, 0.1) is 23.7 Å². The van der Waals surface area contributed by atoms with Gasteiger partial charge in [-0.05, 0) is 55.8 Å². The van der Waals surface area contributed by atoms with E-state index in [1.54, 1.807) is 11.3 Å². The molecule has 0 radical (unpaired) electrons. The zero-order valence-corrected chi connectivity index (χ0v) is 15.8. The number of carbonyl (C=O) groups is 1. The Kier molecular flexibility index (Phi) is 4.44. The Bertz CT molecular complexity index is 680. The molecule has 2 heterocycles. The maximum absolute atomic E-state index is 12.3. The van der Waals surface area contributed by atoms with Crippen molar-refractivity contribution >= 4 is 28.1 Å². The van der Waals surface area contributed by atoms with Crippen LogP contribution in [-0.4, -0.2) is 42.9 Å². The molecule has 7 heteroatoms. The maximum atomic E-state index is 12.3. The summed E-state index contributed by atoms with van der Waals surface area (Å²) in [7, 11) is 0. The van der Waals surface area contributed by atoms with Crippen LogP contribution in [0.4, 0.5) is 5.13 Å². The van der Waals surface area contributed by atoms with E-state index in [1.807, 2.05) is 5.38 Å². The van der Waals surface area contributed by atoms with Crippen LogP contribution in [0.5, 0.6) is 0 Å². The molecule has 4 aliphatic carbocycles. The molecular weight excluding hydrogens is 348 g/mol. The average Bonchev–Trinajstić information content (AvgIpc) is 3.10. The van der Waals surface area contributed by atoms with Crippen molar-refractivity contribution in [3.05, 3.63) is 11.1 Å². The summed E-state index contributed by atoms with van der Waals surface area (Å²) in [5.74, 6) is 3.03. The molecule has 1 aromatic heterocycles. The molecule has 0 unspecified atom stereocenters. The summed E-state index contributed by atoms with van der Waals surface area (Å²) in [6, 6.07) is 0. The third-order valence-electron chi connectivity index (χ3n) is 6.45. The van der Waals surface area contributed by atoms with Crippen molar-refractivity contribution in [2.24, 2.45) is 28.8 Å². The van der Waals surface area contributed by atoms with Gasteiger partial charge in [-0.25, -0.2) is 10.4 Å². The highest BCUT2D eigenvalue weighted by molar-refractivity contribution is 7.13. The fourth-order valence-electron chi connectivity index (χ4n) is 5.46. The van der Waals surface area contributed by atoms with E-state index >= 15 is 0 Å². The Morgan fingerprint density at radius 1 is 1.19 bits per heavy atom. The third-order valence-corrected chi connectivity index (χ3v) is 7.40. The molecule has 1 saturated heterocycles. The van der Waals surface area contributed by atoms with Gasteiger partial charge in [0.1, 0.15) is 0 Å². The Morgan fingerprint density at radius 3 is 2.58 bits per heavy atom. The zero-order valence-electron chi connectivity index (χ0n) is 15.0. The van der Waals surface area contributed by atoms with Crippen molar-refractivity contribution in [2.45, 2.75) is 38.5 Å². The fourth-order valence-corrected chi connectivity index (χ4v) is 6.34. The molecule has 1 amide bonds. The summed E-state index contributed by atoms with van der Waals surface area (Å²) in [5.41, 5.74) is 4.94. The lowest BCUT2D eigenvalue weighted by atomic mass is 9.55. The van der Waals surface area contributed by atoms with E-state index in [-0.39, 0.29) is 5.91 Å². The van der Waals surface area contributed by atoms with E-state index in [2.05, 4.69) is 20.4 Å². The number of ether oxygens (including phenoxy) is 1. The van der Waals surface area contributed by atoms with E-state index in [0.29, 0.717) is 18.3 Å². The van der Waals surface area contributed by atoms with Gasteiger partial charge in [0.25, 0.3) is 0 Å². The van der Waals surface area contributed by atoms with Gasteiger partial charge in [-0.2, -0.15) is 5.10 Å². The molecule has 4 bridgehead atoms. The summed E-state index contributed by atoms with van der Waals surface area (Å²) >= 11 is 1.61. The largest absolute Gasteiger partial charge is 0.378 e. The topological polar surface area (TPSA) is 66.8 Å². The quantitative estimate of drug-likeness (QED) is 0.822. The van der Waals surface area contributed by atoms with Gasteiger partial charge in [-0.1, -0.05) is 0 Å². The normalized spacial score (nSPS) is 32.8. The lowest BCUT2D eigenvalue weighted by Crippen LogP contribution is -2.46. The van der Waals surface area contributed by atoms with Gasteiger partial charge in [-0.15, -0.1) is 11.3 Å². The van der Waals surface area contributed by atoms with E-state index < -0.39 is 0 Å². The van der Waals surface area contributed by atoms with Crippen molar-refractivity contribution in [1.82, 2.24) is 10.4 Å². The lowest BCUT2D eigenvalue weighted by molar-refractivity contribution is -0.120. The third kappa shape index (κ3) is 3.27. The number of morpholine rings is 1. The number of thiazole rings is 1. The van der Waals surface area contributed by atoms with Gasteiger partial charge >= 0.3 is 0 Å². The number of nitrogens with zero attached hydrogens (tertiary/aromatic N) is 3. The minimum atomic E-state index is -0.0508. The van der Waals surface area contributed by atoms with E-state index in [9.17, 15) is 4.79 Å². The number of aromatic nitrogens is 1. The highest BCUT2D eigenvalue weighted by Gasteiger charge is 2.46. The van der Waals surface area contributed by atoms with Gasteiger partial charge in [0.15, 0.2) is 5.13 Å². The van der Waals surface area contributed by atoms with Crippen molar-refractivity contribution in [1.29, 1.82) is 0 Å². The molecule has 0 aromatic carbocycles. The molecule has 6 nitrogen and oxygen atoms in total. The first-order valence-electron chi connectivity index (χ1n) is 9.88. The summed E-state index contributed by atoms with van der Waals surface area (Å²) < 4.78 is 5.38. The minimum Gasteiger partial charge on any atom is -0.378 e. The van der Waals surface area contributed by atoms with E-state index in [4.69, 9.17) is 4.74 Å². The molecule has 5 aliphatic rings. The minimum absolute atomic E-state index is 0.0508. The second kappa shape index (κ2) is 6.93. The standard InChI is InChI=1S/C19H26N4O2S/c24-17(10-16-11-26-19(20-16)23-1-3-25-4-2-23)21-22-18-14-6-12-5-13(8-14)9-15(18)7-12/h11-15H,1-10H2,(H,21,24). The molecule has 4 saturated carbocycles. The smallest absolute Gasteiger partial charge is 0.246 e. The zero-order chi connectivity index (χ0) is 17.5. The number of amides is 1. The van der Waals surface area contributed by atoms with Crippen molar-refractivity contribution in [2.75, 3.05) is 31.2 Å². The molecule has 0 spiro atoms. The summed E-state index contributed by atoms with van der Waals surface area (Å²) in [6.45, 7) is 3.24. The lowest BCUT2D eigenvalue weighted by Gasteiger charge is -2.50. The SMILES string of the molecule is O=C(Cc1csc(N2CCOCC2)n1)NN=C1C2CC3CC(C2)CC1C3. The highest BCUT2D eigenvalue weighted by Crippen LogP contribution is 2.52. The van der Waals surface area contributed by atoms with Crippen LogP contribution in [-0.2, 0) is 16.0 Å². The first-order chi connectivity index (χ1) is 12.7. The molecule has 1 N–H and O–H groups in total. The summed E-state index contributed by atoms with van der Waals surface area (Å²) in [5, 5.41) is 7.56. The second-order valence-electron chi connectivity index (χ2n) is 8.27. The Balaban J connectivity index is 1.18. The van der Waals surface area contributed by atoms with E-state index in [1.165, 1.54) is 37.8 Å². The van der Waals surface area contributed by atoms with Crippen LogP contribution in [0.3, 0.4) is 0 Å². The number of hydrogen-bond donors (Lipinski definition) is 1. The van der Waals surface area contributed by atoms with Crippen molar-refractivity contribution in [3.63, 3.8) is 0 Å². The number of hydrogen-bond acceptors (Lipinski definition) is 6. The fraction of sp³-hybridized carbons (Fsp3) is 0.737. The van der Waals surface area contributed by atoms with Gasteiger partial charge in [0.05, 0.1) is 25.3 Å². The molecule has 0 atom stereocenters. The van der Waals surface area contributed by atoms with Gasteiger partial charge in [-0.3, -0.25) is 4.79 Å². The van der Waals surface area contributed by atoms with Crippen molar-refractivity contribution in [3.8, 4) is 0 Å². The number of anilines is 1. The van der Waals surface area contributed by atoms with Gasteiger partial charge in [0, 0.05) is 24.2 Å². The molecular formula is C19H26N4O2S.